The van der Waals surface area contributed by atoms with E-state index >= 15 is 0 Å². The highest BCUT2D eigenvalue weighted by atomic mass is 35.5. The van der Waals surface area contributed by atoms with Crippen molar-refractivity contribution in [3.63, 3.8) is 0 Å². The normalized spacial score (nSPS) is 23.9. The molecule has 1 saturated carbocycles. The van der Waals surface area contributed by atoms with Gasteiger partial charge in [-0.1, -0.05) is 49.1 Å². The summed E-state index contributed by atoms with van der Waals surface area (Å²) in [6.07, 6.45) is 6.63. The van der Waals surface area contributed by atoms with E-state index in [2.05, 4.69) is 23.1 Å². The molecule has 0 radical (unpaired) electrons. The van der Waals surface area contributed by atoms with Crippen LogP contribution < -0.4 is 4.90 Å². The van der Waals surface area contributed by atoms with E-state index in [4.69, 9.17) is 21.7 Å². The molecule has 34 heavy (non-hydrogen) atoms. The van der Waals surface area contributed by atoms with E-state index < -0.39 is 12.2 Å². The Morgan fingerprint density at radius 1 is 1.09 bits per heavy atom. The monoisotopic (exact) mass is 479 g/mol. The zero-order valence-corrected chi connectivity index (χ0v) is 20.0. The summed E-state index contributed by atoms with van der Waals surface area (Å²) in [7, 11) is 0. The number of carbonyl (C=O) groups is 1. The minimum Gasteiger partial charge on any atom is -0.480 e. The number of benzene rings is 2. The lowest BCUT2D eigenvalue weighted by Gasteiger charge is -2.38. The number of hydrogen-bond acceptors (Lipinski definition) is 5. The SMILES string of the molecule is O=C(O)CN1CCC(c2ccc3c(c2)C2(CCCCC2)C2=NC(O)c4c(Cl)cccc4N23)CC1. The Morgan fingerprint density at radius 3 is 2.59 bits per heavy atom. The lowest BCUT2D eigenvalue weighted by Crippen LogP contribution is -2.42. The quantitative estimate of drug-likeness (QED) is 0.619. The van der Waals surface area contributed by atoms with Gasteiger partial charge in [0.2, 0.25) is 0 Å². The Labute approximate surface area is 204 Å². The maximum absolute atomic E-state index is 11.1. The van der Waals surface area contributed by atoms with E-state index in [0.29, 0.717) is 16.5 Å². The molecule has 1 saturated heterocycles. The number of anilines is 2. The fourth-order valence-corrected chi connectivity index (χ4v) is 6.95. The second-order valence-corrected chi connectivity index (χ2v) is 10.6. The number of aliphatic carboxylic acids is 1. The number of carboxylic acids is 1. The third-order valence-electron chi connectivity index (χ3n) is 8.32. The minimum absolute atomic E-state index is 0.124. The molecule has 6 nitrogen and oxygen atoms in total. The van der Waals surface area contributed by atoms with E-state index in [-0.39, 0.29) is 12.0 Å². The lowest BCUT2D eigenvalue weighted by atomic mass is 9.69. The van der Waals surface area contributed by atoms with Gasteiger partial charge in [0.25, 0.3) is 0 Å². The topological polar surface area (TPSA) is 76.4 Å². The predicted octanol–water partition coefficient (Wildman–Crippen LogP) is 5.36. The molecule has 3 heterocycles. The molecule has 0 amide bonds. The number of piperidine rings is 1. The summed E-state index contributed by atoms with van der Waals surface area (Å²) in [5, 5.41) is 20.6. The number of aliphatic hydroxyl groups is 1. The number of halogens is 1. The molecule has 2 aromatic rings. The molecule has 2 aromatic carbocycles. The largest absolute Gasteiger partial charge is 0.480 e. The van der Waals surface area contributed by atoms with Crippen LogP contribution in [0.1, 0.15) is 73.8 Å². The van der Waals surface area contributed by atoms with Crippen LogP contribution in [0.5, 0.6) is 0 Å². The summed E-state index contributed by atoms with van der Waals surface area (Å²) < 4.78 is 0. The number of aliphatic hydroxyl groups excluding tert-OH is 1. The molecular weight excluding hydrogens is 450 g/mol. The van der Waals surface area contributed by atoms with Gasteiger partial charge < -0.3 is 10.2 Å². The van der Waals surface area contributed by atoms with Gasteiger partial charge in [0.15, 0.2) is 6.23 Å². The lowest BCUT2D eigenvalue weighted by molar-refractivity contribution is -0.138. The molecule has 2 N–H and O–H groups in total. The number of fused-ring (bicyclic) bond motifs is 7. The molecular formula is C27H30ClN3O3. The number of amidine groups is 1. The van der Waals surface area contributed by atoms with E-state index in [0.717, 1.165) is 68.8 Å². The third kappa shape index (κ3) is 3.38. The predicted molar refractivity (Wildman–Crippen MR) is 133 cm³/mol. The zero-order chi connectivity index (χ0) is 23.4. The average Bonchev–Trinajstić information content (AvgIpc) is 3.08. The Hall–Kier alpha value is -2.41. The molecule has 0 aromatic heterocycles. The first-order chi connectivity index (χ1) is 16.5. The Balaban J connectivity index is 1.41. The van der Waals surface area contributed by atoms with Crippen molar-refractivity contribution < 1.29 is 15.0 Å². The van der Waals surface area contributed by atoms with Crippen molar-refractivity contribution in [2.75, 3.05) is 24.5 Å². The molecule has 1 unspecified atom stereocenters. The van der Waals surface area contributed by atoms with E-state index in [1.54, 1.807) is 0 Å². The van der Waals surface area contributed by atoms with Crippen LogP contribution in [0.2, 0.25) is 5.02 Å². The number of rotatable bonds is 3. The van der Waals surface area contributed by atoms with Gasteiger partial charge in [0, 0.05) is 5.56 Å². The van der Waals surface area contributed by atoms with Gasteiger partial charge in [0.05, 0.1) is 28.4 Å². The molecule has 3 aliphatic heterocycles. The molecule has 7 heteroatoms. The number of nitrogens with zero attached hydrogens (tertiary/aromatic N) is 3. The van der Waals surface area contributed by atoms with Gasteiger partial charge in [0.1, 0.15) is 5.84 Å². The average molecular weight is 480 g/mol. The fourth-order valence-electron chi connectivity index (χ4n) is 6.68. The number of hydrogen-bond donors (Lipinski definition) is 2. The van der Waals surface area contributed by atoms with Gasteiger partial charge >= 0.3 is 5.97 Å². The van der Waals surface area contributed by atoms with Crippen LogP contribution >= 0.6 is 11.6 Å². The number of likely N-dealkylation sites (tertiary alicyclic amines) is 1. The van der Waals surface area contributed by atoms with Crippen LogP contribution in [0.15, 0.2) is 41.4 Å². The minimum atomic E-state index is -0.943. The summed E-state index contributed by atoms with van der Waals surface area (Å²) in [6, 6.07) is 12.7. The number of aliphatic imine (C=N–C) groups is 1. The van der Waals surface area contributed by atoms with E-state index in [9.17, 15) is 9.90 Å². The van der Waals surface area contributed by atoms with Crippen molar-refractivity contribution in [3.8, 4) is 0 Å². The summed E-state index contributed by atoms with van der Waals surface area (Å²) >= 11 is 6.51. The van der Waals surface area contributed by atoms with E-state index in [1.165, 1.54) is 17.5 Å². The van der Waals surface area contributed by atoms with Crippen LogP contribution in [0.3, 0.4) is 0 Å². The number of carboxylic acid groups (broad SMARTS) is 1. The van der Waals surface area contributed by atoms with Gasteiger partial charge in [-0.25, -0.2) is 4.99 Å². The van der Waals surface area contributed by atoms with Crippen molar-refractivity contribution in [1.29, 1.82) is 0 Å². The van der Waals surface area contributed by atoms with Crippen molar-refractivity contribution >= 4 is 34.8 Å². The molecule has 2 fully saturated rings. The zero-order valence-electron chi connectivity index (χ0n) is 19.2. The first-order valence-electron chi connectivity index (χ1n) is 12.4. The summed E-state index contributed by atoms with van der Waals surface area (Å²) in [4.78, 5) is 20.2. The molecule has 1 spiro atoms. The van der Waals surface area contributed by atoms with Crippen LogP contribution in [0, 0.1) is 0 Å². The third-order valence-corrected chi connectivity index (χ3v) is 8.65. The van der Waals surface area contributed by atoms with Crippen molar-refractivity contribution in [2.24, 2.45) is 4.99 Å². The second kappa shape index (κ2) is 8.36. The maximum atomic E-state index is 11.1. The van der Waals surface area contributed by atoms with Crippen LogP contribution in [-0.4, -0.2) is 46.6 Å². The molecule has 6 rings (SSSR count). The summed E-state index contributed by atoms with van der Waals surface area (Å²) in [6.45, 7) is 1.76. The highest BCUT2D eigenvalue weighted by molar-refractivity contribution is 6.32. The summed E-state index contributed by atoms with van der Waals surface area (Å²) in [5.74, 6) is 0.649. The van der Waals surface area contributed by atoms with Crippen LogP contribution in [0.4, 0.5) is 11.4 Å². The van der Waals surface area contributed by atoms with Gasteiger partial charge in [-0.3, -0.25) is 14.6 Å². The fraction of sp³-hybridized carbons (Fsp3) is 0.481. The van der Waals surface area contributed by atoms with Crippen molar-refractivity contribution in [1.82, 2.24) is 4.90 Å². The standard InChI is InChI=1S/C27H30ClN3O3/c28-20-5-4-6-22-24(20)25(34)29-26-27(11-2-1-3-12-27)19-15-18(7-8-21(19)31(22)26)17-9-13-30(14-10-17)16-23(32)33/h4-8,15,17,25,34H,1-3,9-14,16H2,(H,32,33). The van der Waals surface area contributed by atoms with Gasteiger partial charge in [-0.15, -0.1) is 0 Å². The van der Waals surface area contributed by atoms with Crippen LogP contribution in [0.25, 0.3) is 0 Å². The molecule has 0 bridgehead atoms. The first-order valence-corrected chi connectivity index (χ1v) is 12.8. The second-order valence-electron chi connectivity index (χ2n) is 10.2. The Bertz CT molecular complexity index is 1170. The highest BCUT2D eigenvalue weighted by Crippen LogP contribution is 2.57. The molecule has 1 aliphatic carbocycles. The van der Waals surface area contributed by atoms with Crippen molar-refractivity contribution in [2.45, 2.75) is 62.5 Å². The molecule has 4 aliphatic rings. The van der Waals surface area contributed by atoms with Gasteiger partial charge in [-0.2, -0.15) is 0 Å². The van der Waals surface area contributed by atoms with Crippen molar-refractivity contribution in [3.05, 3.63) is 58.1 Å². The Kier molecular flexibility index (Phi) is 5.43. The van der Waals surface area contributed by atoms with Crippen LogP contribution in [-0.2, 0) is 10.2 Å². The summed E-state index contributed by atoms with van der Waals surface area (Å²) in [5.41, 5.74) is 5.27. The molecule has 178 valence electrons. The smallest absolute Gasteiger partial charge is 0.317 e. The van der Waals surface area contributed by atoms with Gasteiger partial charge in [-0.05, 0) is 74.0 Å². The van der Waals surface area contributed by atoms with E-state index in [1.807, 2.05) is 23.1 Å². The molecule has 1 atom stereocenters. The first kappa shape index (κ1) is 22.1. The Morgan fingerprint density at radius 2 is 1.85 bits per heavy atom. The maximum Gasteiger partial charge on any atom is 0.317 e. The highest BCUT2D eigenvalue weighted by Gasteiger charge is 2.52.